The molecule has 1 heterocycles. The second-order valence-corrected chi connectivity index (χ2v) is 2.69. The normalized spacial score (nSPS) is 13.5. The van der Waals surface area contributed by atoms with Crippen molar-refractivity contribution in [1.82, 2.24) is 9.78 Å². The van der Waals surface area contributed by atoms with Crippen molar-refractivity contribution in [2.24, 2.45) is 0 Å². The highest BCUT2D eigenvalue weighted by atomic mass is 15.3. The van der Waals surface area contributed by atoms with Crippen LogP contribution in [0, 0.1) is 6.92 Å². The molecule has 56 valence electrons. The molecule has 10 heavy (non-hydrogen) atoms. The Morgan fingerprint density at radius 3 is 2.80 bits per heavy atom. The lowest BCUT2D eigenvalue weighted by atomic mass is 10.3. The maximum Gasteiger partial charge on any atom is 0.0593 e. The fourth-order valence-corrected chi connectivity index (χ4v) is 0.866. The number of aromatic nitrogens is 2. The van der Waals surface area contributed by atoms with E-state index in [9.17, 15) is 0 Å². The maximum absolute atomic E-state index is 4.30. The van der Waals surface area contributed by atoms with Crippen LogP contribution >= 0.6 is 0 Å². The molecule has 1 rings (SSSR count). The lowest BCUT2D eigenvalue weighted by Gasteiger charge is -2.07. The van der Waals surface area contributed by atoms with Crippen LogP contribution in [-0.4, -0.2) is 9.78 Å². The first kappa shape index (κ1) is 7.32. The van der Waals surface area contributed by atoms with E-state index < -0.39 is 0 Å². The third-order valence-corrected chi connectivity index (χ3v) is 1.78. The van der Waals surface area contributed by atoms with Crippen LogP contribution < -0.4 is 0 Å². The van der Waals surface area contributed by atoms with Gasteiger partial charge in [0.15, 0.2) is 0 Å². The summed E-state index contributed by atoms with van der Waals surface area (Å²) < 4.78 is 2.01. The van der Waals surface area contributed by atoms with Crippen molar-refractivity contribution in [3.05, 3.63) is 18.0 Å². The predicted molar refractivity (Wildman–Crippen MR) is 42.0 cm³/mol. The summed E-state index contributed by atoms with van der Waals surface area (Å²) in [5.74, 6) is 0. The number of rotatable bonds is 2. The molecule has 1 aromatic rings. The summed E-state index contributed by atoms with van der Waals surface area (Å²) in [5.41, 5.74) is 1.10. The quantitative estimate of drug-likeness (QED) is 0.612. The van der Waals surface area contributed by atoms with Gasteiger partial charge in [-0.25, -0.2) is 0 Å². The second kappa shape index (κ2) is 2.86. The smallest absolute Gasteiger partial charge is 0.0593 e. The predicted octanol–water partition coefficient (Wildman–Crippen LogP) is 2.16. The van der Waals surface area contributed by atoms with Gasteiger partial charge in [0.1, 0.15) is 0 Å². The largest absolute Gasteiger partial charge is 0.270 e. The first-order chi connectivity index (χ1) is 4.74. The Kier molecular flexibility index (Phi) is 2.10. The highest BCUT2D eigenvalue weighted by molar-refractivity contribution is 4.95. The Bertz CT molecular complexity index is 203. The highest BCUT2D eigenvalue weighted by Gasteiger charge is 2.00. The van der Waals surface area contributed by atoms with E-state index in [0.717, 1.165) is 12.1 Å². The van der Waals surface area contributed by atoms with Crippen LogP contribution in [0.1, 0.15) is 32.0 Å². The van der Waals surface area contributed by atoms with Crippen molar-refractivity contribution in [3.63, 3.8) is 0 Å². The lowest BCUT2D eigenvalue weighted by Crippen LogP contribution is -2.03. The molecule has 0 aliphatic carbocycles. The van der Waals surface area contributed by atoms with Gasteiger partial charge in [-0.3, -0.25) is 4.68 Å². The summed E-state index contributed by atoms with van der Waals surface area (Å²) >= 11 is 0. The van der Waals surface area contributed by atoms with Gasteiger partial charge < -0.3 is 0 Å². The fourth-order valence-electron chi connectivity index (χ4n) is 0.866. The second-order valence-electron chi connectivity index (χ2n) is 2.69. The van der Waals surface area contributed by atoms with E-state index >= 15 is 0 Å². The van der Waals surface area contributed by atoms with E-state index in [1.165, 1.54) is 0 Å². The van der Waals surface area contributed by atoms with Crippen LogP contribution in [0.5, 0.6) is 0 Å². The maximum atomic E-state index is 4.30. The zero-order valence-electron chi connectivity index (χ0n) is 6.83. The van der Waals surface area contributed by atoms with Crippen LogP contribution in [0.25, 0.3) is 0 Å². The van der Waals surface area contributed by atoms with E-state index in [1.807, 2.05) is 23.9 Å². The molecule has 0 radical (unpaired) electrons. The molecule has 0 saturated carbocycles. The van der Waals surface area contributed by atoms with Crippen LogP contribution in [0.15, 0.2) is 12.3 Å². The Morgan fingerprint density at radius 2 is 2.40 bits per heavy atom. The first-order valence-electron chi connectivity index (χ1n) is 3.75. The van der Waals surface area contributed by atoms with Crippen molar-refractivity contribution in [1.29, 1.82) is 0 Å². The van der Waals surface area contributed by atoms with Crippen LogP contribution in [0.3, 0.4) is 0 Å². The average Bonchev–Trinajstić information content (AvgIpc) is 2.34. The summed E-state index contributed by atoms with van der Waals surface area (Å²) in [5, 5.41) is 4.30. The average molecular weight is 138 g/mol. The van der Waals surface area contributed by atoms with E-state index in [1.54, 1.807) is 0 Å². The number of hydrogen-bond acceptors (Lipinski definition) is 1. The van der Waals surface area contributed by atoms with Crippen molar-refractivity contribution >= 4 is 0 Å². The molecule has 0 spiro atoms. The summed E-state index contributed by atoms with van der Waals surface area (Å²) in [4.78, 5) is 0. The van der Waals surface area contributed by atoms with Gasteiger partial charge in [0.05, 0.1) is 5.69 Å². The summed E-state index contributed by atoms with van der Waals surface area (Å²) in [6.07, 6.45) is 3.17. The molecule has 0 aliphatic heterocycles. The van der Waals surface area contributed by atoms with Crippen molar-refractivity contribution in [2.75, 3.05) is 0 Å². The molecule has 0 fully saturated rings. The molecule has 2 heteroatoms. The Morgan fingerprint density at radius 1 is 1.70 bits per heavy atom. The third-order valence-electron chi connectivity index (χ3n) is 1.78. The number of hydrogen-bond donors (Lipinski definition) is 0. The molecule has 0 bridgehead atoms. The molecule has 0 aromatic carbocycles. The van der Waals surface area contributed by atoms with Crippen LogP contribution in [0.2, 0.25) is 0 Å². The van der Waals surface area contributed by atoms with Gasteiger partial charge in [0, 0.05) is 12.2 Å². The zero-order chi connectivity index (χ0) is 7.56. The van der Waals surface area contributed by atoms with Gasteiger partial charge in [0.2, 0.25) is 0 Å². The Balaban J connectivity index is 2.74. The highest BCUT2D eigenvalue weighted by Crippen LogP contribution is 2.07. The lowest BCUT2D eigenvalue weighted by molar-refractivity contribution is 0.475. The molecular formula is C8H14N2. The van der Waals surface area contributed by atoms with Gasteiger partial charge in [-0.15, -0.1) is 0 Å². The van der Waals surface area contributed by atoms with E-state index in [-0.39, 0.29) is 0 Å². The van der Waals surface area contributed by atoms with Crippen molar-refractivity contribution < 1.29 is 0 Å². The summed E-state index contributed by atoms with van der Waals surface area (Å²) in [7, 11) is 0. The Hall–Kier alpha value is -0.790. The van der Waals surface area contributed by atoms with Crippen molar-refractivity contribution in [2.45, 2.75) is 33.2 Å². The van der Waals surface area contributed by atoms with Gasteiger partial charge in [0.25, 0.3) is 0 Å². The molecule has 0 N–H and O–H groups in total. The molecule has 2 nitrogen and oxygen atoms in total. The topological polar surface area (TPSA) is 17.8 Å². The monoisotopic (exact) mass is 138 g/mol. The molecular weight excluding hydrogens is 124 g/mol. The Labute approximate surface area is 61.9 Å². The first-order valence-corrected chi connectivity index (χ1v) is 3.75. The van der Waals surface area contributed by atoms with Crippen LogP contribution in [-0.2, 0) is 0 Å². The minimum Gasteiger partial charge on any atom is -0.270 e. The fraction of sp³-hybridized carbons (Fsp3) is 0.625. The zero-order valence-corrected chi connectivity index (χ0v) is 6.83. The van der Waals surface area contributed by atoms with Crippen LogP contribution in [0.4, 0.5) is 0 Å². The summed E-state index contributed by atoms with van der Waals surface area (Å²) in [6.45, 7) is 6.35. The molecule has 1 aromatic heterocycles. The standard InChI is InChI=1S/C8H14N2/c1-4-8(3)10-6-5-7(2)9-10/h5-6,8H,4H2,1-3H3. The van der Waals surface area contributed by atoms with E-state index in [2.05, 4.69) is 18.9 Å². The van der Waals surface area contributed by atoms with Gasteiger partial charge >= 0.3 is 0 Å². The van der Waals surface area contributed by atoms with Crippen molar-refractivity contribution in [3.8, 4) is 0 Å². The van der Waals surface area contributed by atoms with E-state index in [0.29, 0.717) is 6.04 Å². The van der Waals surface area contributed by atoms with Gasteiger partial charge in [-0.05, 0) is 26.3 Å². The molecule has 0 saturated heterocycles. The summed E-state index contributed by atoms with van der Waals surface area (Å²) in [6, 6.07) is 2.57. The molecule has 1 atom stereocenters. The SMILES string of the molecule is CCC(C)n1ccc(C)n1. The molecule has 0 aliphatic rings. The van der Waals surface area contributed by atoms with Gasteiger partial charge in [-0.1, -0.05) is 6.92 Å². The minimum absolute atomic E-state index is 0.536. The third kappa shape index (κ3) is 1.38. The van der Waals surface area contributed by atoms with Gasteiger partial charge in [-0.2, -0.15) is 5.10 Å². The minimum atomic E-state index is 0.536. The number of aryl methyl sites for hydroxylation is 1. The molecule has 0 amide bonds. The van der Waals surface area contributed by atoms with E-state index in [4.69, 9.17) is 0 Å². The number of nitrogens with zero attached hydrogens (tertiary/aromatic N) is 2. The molecule has 1 unspecified atom stereocenters.